The van der Waals surface area contributed by atoms with Gasteiger partial charge < -0.3 is 5.32 Å². The van der Waals surface area contributed by atoms with Gasteiger partial charge >= 0.3 is 0 Å². The van der Waals surface area contributed by atoms with Gasteiger partial charge in [0, 0.05) is 25.7 Å². The Bertz CT molecular complexity index is 792. The van der Waals surface area contributed by atoms with E-state index >= 15 is 0 Å². The van der Waals surface area contributed by atoms with E-state index in [1.165, 1.54) is 11.1 Å². The lowest BCUT2D eigenvalue weighted by molar-refractivity contribution is -0.120. The maximum absolute atomic E-state index is 12.6. The van der Waals surface area contributed by atoms with E-state index in [0.29, 0.717) is 12.8 Å². The molecule has 1 aromatic carbocycles. The van der Waals surface area contributed by atoms with Crippen LogP contribution in [0.1, 0.15) is 57.6 Å². The third-order valence-corrected chi connectivity index (χ3v) is 8.33. The highest BCUT2D eigenvalue weighted by Gasteiger charge is 2.34. The maximum Gasteiger partial charge on any atom is 0.235 e. The molecule has 1 saturated carbocycles. The van der Waals surface area contributed by atoms with E-state index in [-0.39, 0.29) is 28.4 Å². The lowest BCUT2D eigenvalue weighted by Crippen LogP contribution is -2.52. The molecule has 3 rings (SSSR count). The highest BCUT2D eigenvalue weighted by molar-refractivity contribution is 7.92. The summed E-state index contributed by atoms with van der Waals surface area (Å²) < 4.78 is 25.1. The summed E-state index contributed by atoms with van der Waals surface area (Å²) in [5, 5.41) is 2.72. The zero-order valence-electron chi connectivity index (χ0n) is 17.4. The van der Waals surface area contributed by atoms with Crippen LogP contribution in [-0.4, -0.2) is 49.4 Å². The summed E-state index contributed by atoms with van der Waals surface area (Å²) in [6, 6.07) is 8.41. The standard InChI is InChI=1S/C22H34N2O3S/c1-22(2,3)20(15-24-13-12-17-8-4-5-9-18(17)14-24)23-21(25)16-28(26,27)19-10-6-7-11-19/h4-5,8-9,19-20H,6-7,10-16H2,1-3H3,(H,23,25). The average Bonchev–Trinajstić information content (AvgIpc) is 3.15. The van der Waals surface area contributed by atoms with Gasteiger partial charge in [0.25, 0.3) is 0 Å². The number of sulfone groups is 1. The summed E-state index contributed by atoms with van der Waals surface area (Å²) in [5.41, 5.74) is 2.60. The molecule has 1 fully saturated rings. The van der Waals surface area contributed by atoms with Crippen LogP contribution in [0.3, 0.4) is 0 Å². The molecule has 1 amide bonds. The van der Waals surface area contributed by atoms with Crippen molar-refractivity contribution in [3.8, 4) is 0 Å². The number of hydrogen-bond donors (Lipinski definition) is 1. The Morgan fingerprint density at radius 3 is 2.46 bits per heavy atom. The Morgan fingerprint density at radius 2 is 1.82 bits per heavy atom. The molecule has 0 spiro atoms. The first-order valence-corrected chi connectivity index (χ1v) is 12.2. The summed E-state index contributed by atoms with van der Waals surface area (Å²) in [7, 11) is -3.35. The summed E-state index contributed by atoms with van der Waals surface area (Å²) >= 11 is 0. The number of nitrogens with zero attached hydrogens (tertiary/aromatic N) is 1. The molecule has 1 aromatic rings. The van der Waals surface area contributed by atoms with Gasteiger partial charge in [-0.3, -0.25) is 9.69 Å². The first-order valence-electron chi connectivity index (χ1n) is 10.5. The molecule has 0 saturated heterocycles. The number of carbonyl (C=O) groups excluding carboxylic acids is 1. The summed E-state index contributed by atoms with van der Waals surface area (Å²) in [4.78, 5) is 15.0. The van der Waals surface area contributed by atoms with Crippen LogP contribution in [-0.2, 0) is 27.6 Å². The molecular formula is C22H34N2O3S. The predicted molar refractivity (Wildman–Crippen MR) is 113 cm³/mol. The van der Waals surface area contributed by atoms with Gasteiger partial charge in [-0.2, -0.15) is 0 Å². The molecule has 2 aliphatic rings. The molecule has 1 N–H and O–H groups in total. The molecule has 1 aliphatic heterocycles. The van der Waals surface area contributed by atoms with Crippen molar-refractivity contribution in [3.63, 3.8) is 0 Å². The molecule has 6 heteroatoms. The van der Waals surface area contributed by atoms with Gasteiger partial charge in [-0.05, 0) is 35.8 Å². The largest absolute Gasteiger partial charge is 0.351 e. The predicted octanol–water partition coefficient (Wildman–Crippen LogP) is 2.93. The molecule has 0 bridgehead atoms. The van der Waals surface area contributed by atoms with Crippen molar-refractivity contribution in [2.24, 2.45) is 5.41 Å². The highest BCUT2D eigenvalue weighted by Crippen LogP contribution is 2.26. The zero-order chi connectivity index (χ0) is 20.4. The smallest absolute Gasteiger partial charge is 0.235 e. The second kappa shape index (κ2) is 8.54. The first-order chi connectivity index (χ1) is 13.1. The molecule has 0 radical (unpaired) electrons. The number of carbonyl (C=O) groups is 1. The lowest BCUT2D eigenvalue weighted by atomic mass is 9.85. The zero-order valence-corrected chi connectivity index (χ0v) is 18.2. The number of nitrogens with one attached hydrogen (secondary N) is 1. The van der Waals surface area contributed by atoms with Crippen molar-refractivity contribution in [3.05, 3.63) is 35.4 Å². The van der Waals surface area contributed by atoms with Crippen LogP contribution in [0.2, 0.25) is 0 Å². The molecule has 28 heavy (non-hydrogen) atoms. The van der Waals surface area contributed by atoms with Crippen molar-refractivity contribution in [2.75, 3.05) is 18.8 Å². The Labute approximate surface area is 169 Å². The fourth-order valence-electron chi connectivity index (χ4n) is 4.29. The molecule has 1 heterocycles. The van der Waals surface area contributed by atoms with Gasteiger partial charge in [-0.25, -0.2) is 8.42 Å². The molecule has 1 aliphatic carbocycles. The number of benzene rings is 1. The second-order valence-electron chi connectivity index (χ2n) is 9.45. The monoisotopic (exact) mass is 406 g/mol. The quantitative estimate of drug-likeness (QED) is 0.789. The van der Waals surface area contributed by atoms with Crippen LogP contribution in [0.25, 0.3) is 0 Å². The Hall–Kier alpha value is -1.40. The van der Waals surface area contributed by atoms with E-state index in [1.54, 1.807) is 0 Å². The summed E-state index contributed by atoms with van der Waals surface area (Å²) in [6.07, 6.45) is 4.31. The van der Waals surface area contributed by atoms with E-state index in [4.69, 9.17) is 0 Å². The highest BCUT2D eigenvalue weighted by atomic mass is 32.2. The molecule has 5 nitrogen and oxygen atoms in total. The average molecular weight is 407 g/mol. The van der Waals surface area contributed by atoms with Crippen LogP contribution < -0.4 is 5.32 Å². The van der Waals surface area contributed by atoms with Gasteiger partial charge in [0.15, 0.2) is 9.84 Å². The molecule has 156 valence electrons. The minimum absolute atomic E-state index is 0.0935. The normalized spacial score (nSPS) is 20.0. The van der Waals surface area contributed by atoms with Crippen molar-refractivity contribution in [1.29, 1.82) is 0 Å². The van der Waals surface area contributed by atoms with Gasteiger partial charge in [0.1, 0.15) is 5.75 Å². The van der Waals surface area contributed by atoms with Gasteiger partial charge in [0.05, 0.1) is 5.25 Å². The molecule has 1 atom stereocenters. The van der Waals surface area contributed by atoms with E-state index in [9.17, 15) is 13.2 Å². The van der Waals surface area contributed by atoms with Crippen LogP contribution in [0.4, 0.5) is 0 Å². The minimum atomic E-state index is -3.35. The third-order valence-electron chi connectivity index (χ3n) is 6.17. The van der Waals surface area contributed by atoms with Gasteiger partial charge in [-0.1, -0.05) is 57.9 Å². The van der Waals surface area contributed by atoms with E-state index < -0.39 is 9.84 Å². The lowest BCUT2D eigenvalue weighted by Gasteiger charge is -2.38. The Balaban J connectivity index is 1.62. The molecular weight excluding hydrogens is 372 g/mol. The fraction of sp³-hybridized carbons (Fsp3) is 0.682. The van der Waals surface area contributed by atoms with Crippen LogP contribution >= 0.6 is 0 Å². The summed E-state index contributed by atoms with van der Waals surface area (Å²) in [5.74, 6) is -0.739. The van der Waals surface area contributed by atoms with Crippen molar-refractivity contribution in [1.82, 2.24) is 10.2 Å². The van der Waals surface area contributed by atoms with Gasteiger partial charge in [-0.15, -0.1) is 0 Å². The fourth-order valence-corrected chi connectivity index (χ4v) is 6.02. The van der Waals surface area contributed by atoms with Crippen molar-refractivity contribution >= 4 is 15.7 Å². The van der Waals surface area contributed by atoms with E-state index in [1.807, 2.05) is 0 Å². The SMILES string of the molecule is CC(C)(C)C(CN1CCc2ccccc2C1)NC(=O)CS(=O)(=O)C1CCCC1. The van der Waals surface area contributed by atoms with E-state index in [2.05, 4.69) is 55.3 Å². The van der Waals surface area contributed by atoms with Crippen LogP contribution in [0.5, 0.6) is 0 Å². The first kappa shape index (κ1) is 21.3. The Morgan fingerprint density at radius 1 is 1.18 bits per heavy atom. The second-order valence-corrected chi connectivity index (χ2v) is 11.7. The molecule has 0 aromatic heterocycles. The number of amides is 1. The van der Waals surface area contributed by atoms with Crippen molar-refractivity contribution < 1.29 is 13.2 Å². The third kappa shape index (κ3) is 5.35. The number of rotatable bonds is 6. The van der Waals surface area contributed by atoms with Crippen LogP contribution in [0.15, 0.2) is 24.3 Å². The number of fused-ring (bicyclic) bond motifs is 1. The maximum atomic E-state index is 12.6. The summed E-state index contributed by atoms with van der Waals surface area (Å²) in [6.45, 7) is 8.86. The van der Waals surface area contributed by atoms with Crippen LogP contribution in [0, 0.1) is 5.41 Å². The van der Waals surface area contributed by atoms with Gasteiger partial charge in [0.2, 0.25) is 5.91 Å². The van der Waals surface area contributed by atoms with E-state index in [0.717, 1.165) is 38.9 Å². The minimum Gasteiger partial charge on any atom is -0.351 e. The van der Waals surface area contributed by atoms with Crippen molar-refractivity contribution in [2.45, 2.75) is 70.7 Å². The number of hydrogen-bond acceptors (Lipinski definition) is 4. The Kier molecular flexibility index (Phi) is 6.50. The molecule has 1 unspecified atom stereocenters. The topological polar surface area (TPSA) is 66.5 Å².